The molecule has 4 nitrogen and oxygen atoms in total. The Morgan fingerprint density at radius 3 is 1.38 bits per heavy atom. The number of methoxy groups -OCH3 is 2. The summed E-state index contributed by atoms with van der Waals surface area (Å²) in [5.41, 5.74) is 8.89. The maximum atomic E-state index is 11.8. The Hall–Kier alpha value is -3.48. The maximum Gasteiger partial charge on any atom is 0.337 e. The summed E-state index contributed by atoms with van der Waals surface area (Å²) in [5.74, 6) is -0.638. The van der Waals surface area contributed by atoms with Crippen LogP contribution >= 0.6 is 22.7 Å². The van der Waals surface area contributed by atoms with E-state index in [1.807, 2.05) is 48.5 Å². The first kappa shape index (κ1) is 25.2. The van der Waals surface area contributed by atoms with Crippen molar-refractivity contribution in [2.24, 2.45) is 0 Å². The van der Waals surface area contributed by atoms with Crippen molar-refractivity contribution in [1.82, 2.24) is 0 Å². The fourth-order valence-electron chi connectivity index (χ4n) is 4.96. The van der Waals surface area contributed by atoms with E-state index in [-0.39, 0.29) is 11.9 Å². The normalized spacial score (nSPS) is 13.2. The predicted octanol–water partition coefficient (Wildman–Crippen LogP) is 8.43. The molecule has 1 aliphatic rings. The van der Waals surface area contributed by atoms with Gasteiger partial charge >= 0.3 is 11.9 Å². The Morgan fingerprint density at radius 2 is 1.03 bits per heavy atom. The zero-order chi connectivity index (χ0) is 26.1. The highest BCUT2D eigenvalue weighted by Crippen LogP contribution is 2.47. The van der Waals surface area contributed by atoms with E-state index in [9.17, 15) is 9.59 Å². The Bertz CT molecular complexity index is 1390. The van der Waals surface area contributed by atoms with Crippen LogP contribution in [0.2, 0.25) is 0 Å². The van der Waals surface area contributed by atoms with E-state index in [1.165, 1.54) is 56.0 Å². The number of carbonyl (C=O) groups is 2. The topological polar surface area (TPSA) is 52.6 Å². The van der Waals surface area contributed by atoms with E-state index in [0.29, 0.717) is 11.1 Å². The van der Waals surface area contributed by atoms with Crippen LogP contribution in [-0.2, 0) is 9.47 Å². The number of hydrogen-bond acceptors (Lipinski definition) is 6. The van der Waals surface area contributed by atoms with Crippen molar-refractivity contribution in [3.63, 3.8) is 0 Å². The van der Waals surface area contributed by atoms with E-state index < -0.39 is 0 Å². The number of esters is 2. The molecule has 0 spiro atoms. The first-order chi connectivity index (χ1) is 17.9. The van der Waals surface area contributed by atoms with Crippen LogP contribution in [-0.4, -0.2) is 26.2 Å². The largest absolute Gasteiger partial charge is 0.465 e. The third kappa shape index (κ3) is 4.91. The molecular formula is C31H28O4S2. The molecule has 0 bridgehead atoms. The van der Waals surface area contributed by atoms with Crippen LogP contribution in [0.1, 0.15) is 60.9 Å². The maximum absolute atomic E-state index is 11.8. The van der Waals surface area contributed by atoms with Crippen molar-refractivity contribution in [2.75, 3.05) is 14.2 Å². The van der Waals surface area contributed by atoms with Crippen molar-refractivity contribution in [1.29, 1.82) is 0 Å². The van der Waals surface area contributed by atoms with Gasteiger partial charge in [0.1, 0.15) is 0 Å². The van der Waals surface area contributed by atoms with Gasteiger partial charge in [-0.2, -0.15) is 0 Å². The lowest BCUT2D eigenvalue weighted by Crippen LogP contribution is -2.00. The molecule has 2 aromatic carbocycles. The standard InChI is InChI=1S/C31H28O4S2/c1-18-26(16-28(36-18)20-8-12-22(13-9-20)30(32)34-3)24-6-5-7-25(24)27-17-29(37-19(27)2)21-10-14-23(15-11-21)31(33)35-4/h8-17H,5-7H2,1-4H3. The molecule has 6 heteroatoms. The Balaban J connectivity index is 1.47. The van der Waals surface area contributed by atoms with Gasteiger partial charge in [0.25, 0.3) is 0 Å². The number of thiophene rings is 2. The van der Waals surface area contributed by atoms with Gasteiger partial charge in [-0.3, -0.25) is 0 Å². The number of ether oxygens (including phenoxy) is 2. The molecule has 5 rings (SSSR count). The molecule has 0 radical (unpaired) electrons. The number of rotatable bonds is 6. The molecular weight excluding hydrogens is 500 g/mol. The lowest BCUT2D eigenvalue weighted by atomic mass is 9.96. The fraction of sp³-hybridized carbons (Fsp3) is 0.226. The Labute approximate surface area is 225 Å². The number of hydrogen-bond donors (Lipinski definition) is 0. The molecule has 37 heavy (non-hydrogen) atoms. The number of benzene rings is 2. The Morgan fingerprint density at radius 1 is 0.649 bits per heavy atom. The van der Waals surface area contributed by atoms with Gasteiger partial charge in [0.15, 0.2) is 0 Å². The molecule has 2 heterocycles. The van der Waals surface area contributed by atoms with Crippen molar-refractivity contribution in [3.05, 3.63) is 92.7 Å². The zero-order valence-electron chi connectivity index (χ0n) is 21.3. The summed E-state index contributed by atoms with van der Waals surface area (Å²) in [6.07, 6.45) is 3.31. The van der Waals surface area contributed by atoms with Gasteiger partial charge in [0.2, 0.25) is 0 Å². The van der Waals surface area contributed by atoms with Crippen molar-refractivity contribution < 1.29 is 19.1 Å². The first-order valence-corrected chi connectivity index (χ1v) is 13.8. The van der Waals surface area contributed by atoms with Crippen molar-refractivity contribution in [2.45, 2.75) is 33.1 Å². The summed E-state index contributed by atoms with van der Waals surface area (Å²) in [6, 6.07) is 19.9. The van der Waals surface area contributed by atoms with Gasteiger partial charge in [-0.15, -0.1) is 22.7 Å². The smallest absolute Gasteiger partial charge is 0.337 e. The molecule has 1 aliphatic carbocycles. The molecule has 2 aromatic heterocycles. The van der Waals surface area contributed by atoms with E-state index in [1.54, 1.807) is 22.7 Å². The van der Waals surface area contributed by atoms with Crippen LogP contribution < -0.4 is 0 Å². The average Bonchev–Trinajstić information content (AvgIpc) is 3.65. The predicted molar refractivity (Wildman–Crippen MR) is 152 cm³/mol. The van der Waals surface area contributed by atoms with E-state index in [4.69, 9.17) is 9.47 Å². The van der Waals surface area contributed by atoms with E-state index in [0.717, 1.165) is 30.4 Å². The number of allylic oxidation sites excluding steroid dienone is 2. The molecule has 0 amide bonds. The second-order valence-electron chi connectivity index (χ2n) is 9.11. The van der Waals surface area contributed by atoms with Crippen molar-refractivity contribution in [3.8, 4) is 20.9 Å². The molecule has 0 fully saturated rings. The summed E-state index contributed by atoms with van der Waals surface area (Å²) in [7, 11) is 2.80. The summed E-state index contributed by atoms with van der Waals surface area (Å²) < 4.78 is 9.65. The molecule has 0 aliphatic heterocycles. The fourth-order valence-corrected chi connectivity index (χ4v) is 7.07. The molecule has 0 saturated carbocycles. The van der Waals surface area contributed by atoms with Gasteiger partial charge in [-0.1, -0.05) is 24.3 Å². The quantitative estimate of drug-likeness (QED) is 0.236. The third-order valence-electron chi connectivity index (χ3n) is 6.88. The minimum atomic E-state index is -0.319. The summed E-state index contributed by atoms with van der Waals surface area (Å²) >= 11 is 3.60. The molecule has 0 saturated heterocycles. The molecule has 0 unspecified atom stereocenters. The van der Waals surface area contributed by atoms with Gasteiger partial charge < -0.3 is 9.47 Å². The highest BCUT2D eigenvalue weighted by Gasteiger charge is 2.23. The SMILES string of the molecule is COC(=O)c1ccc(-c2cc(C3=C(c4cc(-c5ccc(C(=O)OC)cc5)sc4C)CCC3)c(C)s2)cc1. The lowest BCUT2D eigenvalue weighted by Gasteiger charge is -2.07. The van der Waals surface area contributed by atoms with Crippen LogP contribution in [0.15, 0.2) is 60.7 Å². The van der Waals surface area contributed by atoms with E-state index in [2.05, 4.69) is 26.0 Å². The van der Waals surface area contributed by atoms with Gasteiger partial charge in [-0.05, 0) is 103 Å². The number of carbonyl (C=O) groups excluding carboxylic acids is 2. The highest BCUT2D eigenvalue weighted by molar-refractivity contribution is 7.16. The Kier molecular flexibility index (Phi) is 7.13. The summed E-state index contributed by atoms with van der Waals surface area (Å²) in [4.78, 5) is 28.6. The molecule has 4 aromatic rings. The third-order valence-corrected chi connectivity index (χ3v) is 9.08. The minimum absolute atomic E-state index is 0.319. The molecule has 188 valence electrons. The van der Waals surface area contributed by atoms with E-state index >= 15 is 0 Å². The van der Waals surface area contributed by atoms with Gasteiger partial charge in [0, 0.05) is 19.5 Å². The highest BCUT2D eigenvalue weighted by atomic mass is 32.1. The van der Waals surface area contributed by atoms with Crippen LogP contribution in [0.3, 0.4) is 0 Å². The summed E-state index contributed by atoms with van der Waals surface area (Å²) in [6.45, 7) is 4.40. The van der Waals surface area contributed by atoms with Crippen LogP contribution in [0, 0.1) is 13.8 Å². The molecule has 0 atom stereocenters. The lowest BCUT2D eigenvalue weighted by molar-refractivity contribution is 0.0592. The van der Waals surface area contributed by atoms with Crippen LogP contribution in [0.5, 0.6) is 0 Å². The van der Waals surface area contributed by atoms with Crippen LogP contribution in [0.4, 0.5) is 0 Å². The van der Waals surface area contributed by atoms with Gasteiger partial charge in [0.05, 0.1) is 25.3 Å². The van der Waals surface area contributed by atoms with Crippen molar-refractivity contribution >= 4 is 45.8 Å². The second kappa shape index (κ2) is 10.5. The average molecular weight is 529 g/mol. The van der Waals surface area contributed by atoms with Crippen LogP contribution in [0.25, 0.3) is 32.0 Å². The summed E-state index contributed by atoms with van der Waals surface area (Å²) in [5, 5.41) is 0. The second-order valence-corrected chi connectivity index (χ2v) is 11.6. The van der Waals surface area contributed by atoms with Gasteiger partial charge in [-0.25, -0.2) is 9.59 Å². The minimum Gasteiger partial charge on any atom is -0.465 e. The zero-order valence-corrected chi connectivity index (χ0v) is 23.0. The number of aryl methyl sites for hydroxylation is 2. The first-order valence-electron chi connectivity index (χ1n) is 12.2. The molecule has 0 N–H and O–H groups in total. The monoisotopic (exact) mass is 528 g/mol.